The van der Waals surface area contributed by atoms with Gasteiger partial charge in [-0.3, -0.25) is 9.48 Å². The minimum absolute atomic E-state index is 0.00323. The van der Waals surface area contributed by atoms with Gasteiger partial charge in [-0.15, -0.1) is 0 Å². The van der Waals surface area contributed by atoms with Gasteiger partial charge in [0.05, 0.1) is 25.3 Å². The first-order valence-electron chi connectivity index (χ1n) is 6.46. The van der Waals surface area contributed by atoms with Gasteiger partial charge in [-0.1, -0.05) is 30.3 Å². The zero-order valence-corrected chi connectivity index (χ0v) is 11.2. The molecule has 1 aromatic carbocycles. The van der Waals surface area contributed by atoms with Crippen molar-refractivity contribution in [1.82, 2.24) is 9.78 Å². The molecule has 0 amide bonds. The van der Waals surface area contributed by atoms with E-state index in [4.69, 9.17) is 4.74 Å². The van der Waals surface area contributed by atoms with Crippen LogP contribution in [0, 0.1) is 0 Å². The van der Waals surface area contributed by atoms with Crippen molar-refractivity contribution in [2.45, 2.75) is 26.3 Å². The Labute approximate surface area is 113 Å². The van der Waals surface area contributed by atoms with Crippen LogP contribution in [0.2, 0.25) is 0 Å². The highest BCUT2D eigenvalue weighted by atomic mass is 16.5. The van der Waals surface area contributed by atoms with Gasteiger partial charge in [0.15, 0.2) is 0 Å². The molecule has 1 unspecified atom stereocenters. The first-order valence-corrected chi connectivity index (χ1v) is 6.46. The van der Waals surface area contributed by atoms with Crippen molar-refractivity contribution in [2.75, 3.05) is 6.61 Å². The van der Waals surface area contributed by atoms with Gasteiger partial charge < -0.3 is 4.74 Å². The van der Waals surface area contributed by atoms with Crippen LogP contribution < -0.4 is 0 Å². The molecule has 0 radical (unpaired) electrons. The van der Waals surface area contributed by atoms with Crippen LogP contribution in [0.15, 0.2) is 42.7 Å². The predicted molar refractivity (Wildman–Crippen MR) is 73.6 cm³/mol. The van der Waals surface area contributed by atoms with Crippen molar-refractivity contribution in [3.8, 4) is 11.1 Å². The summed E-state index contributed by atoms with van der Waals surface area (Å²) in [6.07, 6.45) is 4.11. The van der Waals surface area contributed by atoms with Gasteiger partial charge in [-0.25, -0.2) is 0 Å². The number of aromatic nitrogens is 2. The van der Waals surface area contributed by atoms with Crippen LogP contribution >= 0.6 is 0 Å². The number of nitrogens with zero attached hydrogens (tertiary/aromatic N) is 2. The molecule has 1 atom stereocenters. The Morgan fingerprint density at radius 3 is 2.74 bits per heavy atom. The summed E-state index contributed by atoms with van der Waals surface area (Å²) in [5, 5.41) is 4.31. The van der Waals surface area contributed by atoms with Gasteiger partial charge in [0.25, 0.3) is 0 Å². The number of carbonyl (C=O) groups is 1. The highest BCUT2D eigenvalue weighted by Crippen LogP contribution is 2.20. The Hall–Kier alpha value is -2.10. The van der Waals surface area contributed by atoms with Crippen molar-refractivity contribution >= 4 is 5.97 Å². The van der Waals surface area contributed by atoms with Gasteiger partial charge >= 0.3 is 5.97 Å². The van der Waals surface area contributed by atoms with Crippen LogP contribution in [0.1, 0.15) is 26.3 Å². The maximum Gasteiger partial charge on any atom is 0.307 e. The third kappa shape index (κ3) is 3.44. The van der Waals surface area contributed by atoms with Gasteiger partial charge in [0, 0.05) is 11.8 Å². The van der Waals surface area contributed by atoms with E-state index in [1.165, 1.54) is 0 Å². The fourth-order valence-corrected chi connectivity index (χ4v) is 1.91. The molecule has 0 aliphatic rings. The Morgan fingerprint density at radius 2 is 2.05 bits per heavy atom. The highest BCUT2D eigenvalue weighted by Gasteiger charge is 2.13. The Bertz CT molecular complexity index is 534. The van der Waals surface area contributed by atoms with E-state index < -0.39 is 0 Å². The fraction of sp³-hybridized carbons (Fsp3) is 0.333. The van der Waals surface area contributed by atoms with Crippen LogP contribution in [0.3, 0.4) is 0 Å². The highest BCUT2D eigenvalue weighted by molar-refractivity contribution is 5.69. The van der Waals surface area contributed by atoms with Crippen LogP contribution in [-0.2, 0) is 9.53 Å². The normalized spacial score (nSPS) is 12.1. The molecule has 0 aliphatic carbocycles. The molecule has 19 heavy (non-hydrogen) atoms. The summed E-state index contributed by atoms with van der Waals surface area (Å²) in [6, 6.07) is 10.0. The van der Waals surface area contributed by atoms with E-state index in [1.807, 2.05) is 56.6 Å². The molecule has 2 aromatic rings. The van der Waals surface area contributed by atoms with E-state index in [2.05, 4.69) is 5.10 Å². The van der Waals surface area contributed by atoms with Gasteiger partial charge in [0.2, 0.25) is 0 Å². The largest absolute Gasteiger partial charge is 0.466 e. The molecule has 0 spiro atoms. The number of hydrogen-bond acceptors (Lipinski definition) is 3. The summed E-state index contributed by atoms with van der Waals surface area (Å²) in [4.78, 5) is 11.4. The molecule has 0 fully saturated rings. The van der Waals surface area contributed by atoms with E-state index in [0.29, 0.717) is 13.0 Å². The topological polar surface area (TPSA) is 44.1 Å². The molecule has 4 nitrogen and oxygen atoms in total. The first kappa shape index (κ1) is 13.3. The summed E-state index contributed by atoms with van der Waals surface area (Å²) in [7, 11) is 0. The first-order chi connectivity index (χ1) is 9.20. The molecule has 2 rings (SSSR count). The number of benzene rings is 1. The molecule has 0 N–H and O–H groups in total. The predicted octanol–water partition coefficient (Wildman–Crippen LogP) is 3.06. The number of carbonyl (C=O) groups excluding carboxylic acids is 1. The average molecular weight is 258 g/mol. The number of ether oxygens (including phenoxy) is 1. The second-order valence-corrected chi connectivity index (χ2v) is 4.43. The van der Waals surface area contributed by atoms with E-state index in [-0.39, 0.29) is 12.0 Å². The summed E-state index contributed by atoms with van der Waals surface area (Å²) in [6.45, 7) is 4.18. The molecule has 4 heteroatoms. The standard InChI is InChI=1S/C15H18N2O2/c1-3-19-15(18)9-12(2)17-11-14(10-16-17)13-7-5-4-6-8-13/h4-8,10-12H,3,9H2,1-2H3. The minimum Gasteiger partial charge on any atom is -0.466 e. The summed E-state index contributed by atoms with van der Waals surface area (Å²) >= 11 is 0. The van der Waals surface area contributed by atoms with E-state index in [0.717, 1.165) is 11.1 Å². The SMILES string of the molecule is CCOC(=O)CC(C)n1cc(-c2ccccc2)cn1. The molecule has 0 bridgehead atoms. The van der Waals surface area contributed by atoms with Crippen LogP contribution in [0.4, 0.5) is 0 Å². The summed E-state index contributed by atoms with van der Waals surface area (Å²) < 4.78 is 6.75. The number of esters is 1. The molecule has 0 saturated carbocycles. The zero-order chi connectivity index (χ0) is 13.7. The van der Waals surface area contributed by atoms with Crippen molar-refractivity contribution in [3.63, 3.8) is 0 Å². The van der Waals surface area contributed by atoms with Crippen molar-refractivity contribution < 1.29 is 9.53 Å². The molecular weight excluding hydrogens is 240 g/mol. The third-order valence-electron chi connectivity index (χ3n) is 2.93. The monoisotopic (exact) mass is 258 g/mol. The van der Waals surface area contributed by atoms with Crippen LogP contribution in [0.25, 0.3) is 11.1 Å². The second-order valence-electron chi connectivity index (χ2n) is 4.43. The Morgan fingerprint density at radius 1 is 1.32 bits per heavy atom. The van der Waals surface area contributed by atoms with Crippen LogP contribution in [-0.4, -0.2) is 22.4 Å². The average Bonchev–Trinajstić information content (AvgIpc) is 2.89. The van der Waals surface area contributed by atoms with E-state index in [9.17, 15) is 4.79 Å². The Balaban J connectivity index is 2.07. The molecule has 0 saturated heterocycles. The lowest BCUT2D eigenvalue weighted by Gasteiger charge is -2.10. The van der Waals surface area contributed by atoms with Crippen LogP contribution in [0.5, 0.6) is 0 Å². The maximum absolute atomic E-state index is 11.4. The summed E-state index contributed by atoms with van der Waals surface area (Å²) in [5.41, 5.74) is 2.17. The Kier molecular flexibility index (Phi) is 4.34. The minimum atomic E-state index is -0.188. The maximum atomic E-state index is 11.4. The lowest BCUT2D eigenvalue weighted by molar-refractivity contribution is -0.143. The molecule has 1 heterocycles. The van der Waals surface area contributed by atoms with Crippen molar-refractivity contribution in [1.29, 1.82) is 0 Å². The smallest absolute Gasteiger partial charge is 0.307 e. The number of hydrogen-bond donors (Lipinski definition) is 0. The lowest BCUT2D eigenvalue weighted by atomic mass is 10.1. The fourth-order valence-electron chi connectivity index (χ4n) is 1.91. The third-order valence-corrected chi connectivity index (χ3v) is 2.93. The molecule has 0 aliphatic heterocycles. The molecule has 100 valence electrons. The van der Waals surface area contributed by atoms with E-state index >= 15 is 0 Å². The molecular formula is C15H18N2O2. The summed E-state index contributed by atoms with van der Waals surface area (Å²) in [5.74, 6) is -0.188. The van der Waals surface area contributed by atoms with Crippen molar-refractivity contribution in [2.24, 2.45) is 0 Å². The van der Waals surface area contributed by atoms with E-state index in [1.54, 1.807) is 4.68 Å². The second kappa shape index (κ2) is 6.18. The number of rotatable bonds is 5. The lowest BCUT2D eigenvalue weighted by Crippen LogP contribution is -2.13. The molecule has 1 aromatic heterocycles. The van der Waals surface area contributed by atoms with Gasteiger partial charge in [0.1, 0.15) is 0 Å². The zero-order valence-electron chi connectivity index (χ0n) is 11.2. The quantitative estimate of drug-likeness (QED) is 0.774. The van der Waals surface area contributed by atoms with Crippen molar-refractivity contribution in [3.05, 3.63) is 42.7 Å². The van der Waals surface area contributed by atoms with Gasteiger partial charge in [-0.05, 0) is 19.4 Å². The van der Waals surface area contributed by atoms with Gasteiger partial charge in [-0.2, -0.15) is 5.10 Å².